The molecule has 0 saturated heterocycles. The van der Waals surface area contributed by atoms with E-state index in [2.05, 4.69) is 16.5 Å². The van der Waals surface area contributed by atoms with Gasteiger partial charge in [-0.15, -0.1) is 0 Å². The molecule has 1 saturated carbocycles. The molecule has 0 radical (unpaired) electrons. The Hall–Kier alpha value is -1.32. The van der Waals surface area contributed by atoms with Crippen molar-refractivity contribution in [1.29, 1.82) is 0 Å². The fourth-order valence-electron chi connectivity index (χ4n) is 3.52. The molecule has 4 heteroatoms. The van der Waals surface area contributed by atoms with Crippen LogP contribution in [0, 0.1) is 11.8 Å². The van der Waals surface area contributed by atoms with E-state index in [1.807, 2.05) is 6.33 Å². The molecule has 3 rings (SSSR count). The van der Waals surface area contributed by atoms with Crippen molar-refractivity contribution in [3.05, 3.63) is 17.7 Å². The topological polar surface area (TPSA) is 55.1 Å². The van der Waals surface area contributed by atoms with Crippen LogP contribution in [0.1, 0.15) is 50.0 Å². The van der Waals surface area contributed by atoms with Crippen molar-refractivity contribution in [2.45, 2.75) is 51.5 Å². The predicted octanol–water partition coefficient (Wildman–Crippen LogP) is 2.43. The largest absolute Gasteiger partial charge is 0.481 e. The monoisotopic (exact) mass is 248 g/mol. The summed E-state index contributed by atoms with van der Waals surface area (Å²) in [6, 6.07) is 0.129. The second-order valence-corrected chi connectivity index (χ2v) is 5.84. The van der Waals surface area contributed by atoms with E-state index in [9.17, 15) is 9.90 Å². The third-order valence-electron chi connectivity index (χ3n) is 4.55. The van der Waals surface area contributed by atoms with Crippen LogP contribution in [-0.2, 0) is 17.6 Å². The summed E-state index contributed by atoms with van der Waals surface area (Å²) in [6.07, 6.45) is 8.00. The van der Waals surface area contributed by atoms with Gasteiger partial charge in [0.2, 0.25) is 0 Å². The van der Waals surface area contributed by atoms with E-state index in [0.717, 1.165) is 32.1 Å². The Kier molecular flexibility index (Phi) is 2.88. The number of imidazole rings is 1. The van der Waals surface area contributed by atoms with E-state index >= 15 is 0 Å². The number of aromatic nitrogens is 2. The molecule has 4 nitrogen and oxygen atoms in total. The summed E-state index contributed by atoms with van der Waals surface area (Å²) in [4.78, 5) is 15.8. The highest BCUT2D eigenvalue weighted by molar-refractivity contribution is 5.71. The number of carbonyl (C=O) groups is 1. The molecule has 18 heavy (non-hydrogen) atoms. The molecular formula is C14H20N2O2. The summed E-state index contributed by atoms with van der Waals surface area (Å²) >= 11 is 0. The zero-order chi connectivity index (χ0) is 12.7. The van der Waals surface area contributed by atoms with Crippen molar-refractivity contribution >= 4 is 5.97 Å². The average Bonchev–Trinajstić information content (AvgIpc) is 2.92. The Labute approximate surface area is 107 Å². The molecule has 0 aliphatic heterocycles. The van der Waals surface area contributed by atoms with E-state index in [-0.39, 0.29) is 12.0 Å². The van der Waals surface area contributed by atoms with Gasteiger partial charge < -0.3 is 9.67 Å². The third-order valence-corrected chi connectivity index (χ3v) is 4.55. The number of hydrogen-bond acceptors (Lipinski definition) is 2. The molecule has 2 aliphatic rings. The Morgan fingerprint density at radius 1 is 1.44 bits per heavy atom. The van der Waals surface area contributed by atoms with Crippen molar-refractivity contribution in [1.82, 2.24) is 9.55 Å². The van der Waals surface area contributed by atoms with Crippen molar-refractivity contribution in [2.24, 2.45) is 11.8 Å². The maximum atomic E-state index is 11.3. The second-order valence-electron chi connectivity index (χ2n) is 5.84. The number of carboxylic acid groups (broad SMARTS) is 1. The Morgan fingerprint density at radius 3 is 3.06 bits per heavy atom. The van der Waals surface area contributed by atoms with Crippen LogP contribution in [-0.4, -0.2) is 20.6 Å². The number of nitrogens with zero attached hydrogens (tertiary/aromatic N) is 2. The van der Waals surface area contributed by atoms with Gasteiger partial charge in [0.1, 0.15) is 0 Å². The van der Waals surface area contributed by atoms with E-state index in [0.29, 0.717) is 5.92 Å². The standard InChI is InChI=1S/C14H20N2O2/c1-9-5-6-11-13(7-9)16(8-15-11)12-4-2-3-10(12)14(17)18/h8-10,12H,2-7H2,1H3,(H,17,18). The van der Waals surface area contributed by atoms with Crippen LogP contribution in [0.3, 0.4) is 0 Å². The number of fused-ring (bicyclic) bond motifs is 1. The van der Waals surface area contributed by atoms with Gasteiger partial charge in [0, 0.05) is 11.7 Å². The van der Waals surface area contributed by atoms with Gasteiger partial charge in [0.25, 0.3) is 0 Å². The third kappa shape index (κ3) is 1.84. The van der Waals surface area contributed by atoms with Gasteiger partial charge >= 0.3 is 5.97 Å². The Bertz CT molecular complexity index is 466. The van der Waals surface area contributed by atoms with Crippen molar-refractivity contribution < 1.29 is 9.90 Å². The van der Waals surface area contributed by atoms with Gasteiger partial charge in [-0.2, -0.15) is 0 Å². The first kappa shape index (κ1) is 11.8. The lowest BCUT2D eigenvalue weighted by atomic mass is 9.90. The van der Waals surface area contributed by atoms with Crippen LogP contribution < -0.4 is 0 Å². The lowest BCUT2D eigenvalue weighted by molar-refractivity contribution is -0.142. The lowest BCUT2D eigenvalue weighted by Crippen LogP contribution is -2.24. The van der Waals surface area contributed by atoms with Crippen LogP contribution in [0.5, 0.6) is 0 Å². The van der Waals surface area contributed by atoms with Crippen molar-refractivity contribution in [3.63, 3.8) is 0 Å². The van der Waals surface area contributed by atoms with Crippen LogP contribution in [0.25, 0.3) is 0 Å². The van der Waals surface area contributed by atoms with E-state index < -0.39 is 5.97 Å². The van der Waals surface area contributed by atoms with Gasteiger partial charge in [0.05, 0.1) is 17.9 Å². The normalized spacial score (nSPS) is 31.3. The SMILES string of the molecule is CC1CCc2ncn(C3CCCC3C(=O)O)c2C1. The molecule has 1 N–H and O–H groups in total. The summed E-state index contributed by atoms with van der Waals surface area (Å²) in [6.45, 7) is 2.27. The highest BCUT2D eigenvalue weighted by atomic mass is 16.4. The molecule has 1 aromatic heterocycles. The Balaban J connectivity index is 1.93. The molecule has 0 aromatic carbocycles. The molecular weight excluding hydrogens is 228 g/mol. The van der Waals surface area contributed by atoms with Gasteiger partial charge in [-0.3, -0.25) is 4.79 Å². The first-order chi connectivity index (χ1) is 8.66. The van der Waals surface area contributed by atoms with E-state index in [4.69, 9.17) is 0 Å². The summed E-state index contributed by atoms with van der Waals surface area (Å²) < 4.78 is 2.18. The van der Waals surface area contributed by atoms with Crippen molar-refractivity contribution in [2.75, 3.05) is 0 Å². The molecule has 2 aliphatic carbocycles. The first-order valence-electron chi connectivity index (χ1n) is 6.94. The second kappa shape index (κ2) is 4.41. The molecule has 3 atom stereocenters. The molecule has 0 spiro atoms. The maximum absolute atomic E-state index is 11.3. The van der Waals surface area contributed by atoms with E-state index in [1.165, 1.54) is 17.8 Å². The van der Waals surface area contributed by atoms with Gasteiger partial charge in [-0.25, -0.2) is 4.98 Å². The summed E-state index contributed by atoms with van der Waals surface area (Å²) in [5.41, 5.74) is 2.50. The molecule has 1 fully saturated rings. The van der Waals surface area contributed by atoms with Crippen LogP contribution in [0.4, 0.5) is 0 Å². The number of aryl methyl sites for hydroxylation is 1. The molecule has 0 bridgehead atoms. The minimum atomic E-state index is -0.649. The average molecular weight is 248 g/mol. The van der Waals surface area contributed by atoms with Gasteiger partial charge in [-0.05, 0) is 38.0 Å². The molecule has 98 valence electrons. The summed E-state index contributed by atoms with van der Waals surface area (Å²) in [5.74, 6) is -0.179. The molecule has 1 aromatic rings. The fourth-order valence-corrected chi connectivity index (χ4v) is 3.52. The van der Waals surface area contributed by atoms with Crippen molar-refractivity contribution in [3.8, 4) is 0 Å². The Morgan fingerprint density at radius 2 is 2.28 bits per heavy atom. The quantitative estimate of drug-likeness (QED) is 0.874. The zero-order valence-corrected chi connectivity index (χ0v) is 10.8. The molecule has 1 heterocycles. The highest BCUT2D eigenvalue weighted by Gasteiger charge is 2.36. The first-order valence-corrected chi connectivity index (χ1v) is 6.94. The van der Waals surface area contributed by atoms with Crippen LogP contribution >= 0.6 is 0 Å². The smallest absolute Gasteiger partial charge is 0.308 e. The molecule has 3 unspecified atom stereocenters. The number of carboxylic acids is 1. The summed E-state index contributed by atoms with van der Waals surface area (Å²) in [5, 5.41) is 9.30. The predicted molar refractivity (Wildman–Crippen MR) is 67.4 cm³/mol. The molecule has 0 amide bonds. The van der Waals surface area contributed by atoms with Gasteiger partial charge in [0.15, 0.2) is 0 Å². The summed E-state index contributed by atoms with van der Waals surface area (Å²) in [7, 11) is 0. The van der Waals surface area contributed by atoms with Crippen LogP contribution in [0.15, 0.2) is 6.33 Å². The minimum Gasteiger partial charge on any atom is -0.481 e. The van der Waals surface area contributed by atoms with E-state index in [1.54, 1.807) is 0 Å². The number of rotatable bonds is 2. The van der Waals surface area contributed by atoms with Gasteiger partial charge in [-0.1, -0.05) is 13.3 Å². The fraction of sp³-hybridized carbons (Fsp3) is 0.714. The highest BCUT2D eigenvalue weighted by Crippen LogP contribution is 2.38. The maximum Gasteiger partial charge on any atom is 0.308 e. The van der Waals surface area contributed by atoms with Crippen LogP contribution in [0.2, 0.25) is 0 Å². The number of hydrogen-bond donors (Lipinski definition) is 1. The number of aliphatic carboxylic acids is 1. The minimum absolute atomic E-state index is 0.129. The lowest BCUT2D eigenvalue weighted by Gasteiger charge is -2.24. The zero-order valence-electron chi connectivity index (χ0n) is 10.8.